The maximum atomic E-state index is 11.3. The normalized spacial score (nSPS) is 22.0. The summed E-state index contributed by atoms with van der Waals surface area (Å²) in [5, 5.41) is 10.3. The minimum absolute atomic E-state index is 0.359. The molecule has 0 radical (unpaired) electrons. The van der Waals surface area contributed by atoms with Crippen LogP contribution in [0.3, 0.4) is 0 Å². The number of carbonyl (C=O) groups excluding carboxylic acids is 3. The number of hydrogen-bond acceptors (Lipinski definition) is 8. The largest absolute Gasteiger partial charge is 0.459 e. The number of carbonyl (C=O) groups is 3. The molecule has 0 bridgehead atoms. The second-order valence-electron chi connectivity index (χ2n) is 5.58. The highest BCUT2D eigenvalue weighted by atomic mass is 16.6. The molecule has 0 saturated carbocycles. The van der Waals surface area contributed by atoms with Gasteiger partial charge < -0.3 is 24.1 Å². The predicted octanol–water partition coefficient (Wildman–Crippen LogP) is 0.673. The third-order valence-corrected chi connectivity index (χ3v) is 3.49. The summed E-state index contributed by atoms with van der Waals surface area (Å²) in [5.41, 5.74) is 0. The summed E-state index contributed by atoms with van der Waals surface area (Å²) in [7, 11) is 1.38. The topological polar surface area (TPSA) is 108 Å². The molecule has 0 aromatic rings. The first-order valence-electron chi connectivity index (χ1n) is 7.85. The van der Waals surface area contributed by atoms with Crippen molar-refractivity contribution in [2.45, 2.75) is 57.7 Å². The van der Waals surface area contributed by atoms with Gasteiger partial charge in [0.15, 0.2) is 6.10 Å². The molecule has 0 amide bonds. The molecule has 0 spiro atoms. The maximum absolute atomic E-state index is 11.3. The molecule has 1 aliphatic rings. The molecule has 0 aliphatic carbocycles. The maximum Gasteiger partial charge on any atom is 0.330 e. The molecule has 1 aliphatic heterocycles. The molecule has 0 fully saturated rings. The van der Waals surface area contributed by atoms with Gasteiger partial charge in [-0.2, -0.15) is 0 Å². The summed E-state index contributed by atoms with van der Waals surface area (Å²) < 4.78 is 20.4. The monoisotopic (exact) mass is 356 g/mol. The van der Waals surface area contributed by atoms with Gasteiger partial charge in [0.05, 0.1) is 0 Å². The number of methoxy groups -OCH3 is 1. The molecule has 8 nitrogen and oxygen atoms in total. The Bertz CT molecular complexity index is 539. The smallest absolute Gasteiger partial charge is 0.330 e. The fourth-order valence-corrected chi connectivity index (χ4v) is 2.32. The van der Waals surface area contributed by atoms with E-state index in [0.717, 1.165) is 0 Å². The summed E-state index contributed by atoms with van der Waals surface area (Å²) in [6.45, 7) is 4.06. The fourth-order valence-electron chi connectivity index (χ4n) is 2.32. The van der Waals surface area contributed by atoms with E-state index < -0.39 is 48.4 Å². The summed E-state index contributed by atoms with van der Waals surface area (Å²) in [5.74, 6) is -1.59. The van der Waals surface area contributed by atoms with E-state index in [-0.39, 0.29) is 0 Å². The number of rotatable bonds is 8. The average Bonchev–Trinajstić information content (AvgIpc) is 2.53. The Morgan fingerprint density at radius 3 is 2.36 bits per heavy atom. The standard InChI is InChI=1S/C17H24O8/c1-10(23-11(2)18)13(24-12(3)19)8-9-14(22-4)17(21)15-6-5-7-16(20)25-15/h5,7-10,13-15,17,21H,6H2,1-4H3/b9-8+/t10-,13-,14-,15+,17-/m1/s1. The van der Waals surface area contributed by atoms with Gasteiger partial charge in [0.2, 0.25) is 0 Å². The van der Waals surface area contributed by atoms with Crippen molar-refractivity contribution < 1.29 is 38.4 Å². The lowest BCUT2D eigenvalue weighted by molar-refractivity contribution is -0.160. The van der Waals surface area contributed by atoms with Crippen molar-refractivity contribution in [2.24, 2.45) is 0 Å². The Morgan fingerprint density at radius 1 is 1.24 bits per heavy atom. The van der Waals surface area contributed by atoms with Crippen molar-refractivity contribution in [3.8, 4) is 0 Å². The van der Waals surface area contributed by atoms with E-state index in [1.165, 1.54) is 39.2 Å². The van der Waals surface area contributed by atoms with E-state index in [1.54, 1.807) is 13.0 Å². The van der Waals surface area contributed by atoms with Crippen LogP contribution in [0.2, 0.25) is 0 Å². The van der Waals surface area contributed by atoms with Crippen LogP contribution in [0.15, 0.2) is 24.3 Å². The van der Waals surface area contributed by atoms with Crippen LogP contribution in [0.25, 0.3) is 0 Å². The van der Waals surface area contributed by atoms with Crippen molar-refractivity contribution in [2.75, 3.05) is 7.11 Å². The van der Waals surface area contributed by atoms with Crippen molar-refractivity contribution >= 4 is 17.9 Å². The third kappa shape index (κ3) is 7.06. The Balaban J connectivity index is 2.82. The Hall–Kier alpha value is -2.19. The van der Waals surface area contributed by atoms with E-state index in [4.69, 9.17) is 18.9 Å². The molecule has 5 atom stereocenters. The fraction of sp³-hybridized carbons (Fsp3) is 0.588. The molecule has 1 heterocycles. The quantitative estimate of drug-likeness (QED) is 0.384. The molecule has 8 heteroatoms. The first-order valence-corrected chi connectivity index (χ1v) is 7.85. The summed E-state index contributed by atoms with van der Waals surface area (Å²) >= 11 is 0. The lowest BCUT2D eigenvalue weighted by Gasteiger charge is -2.28. The summed E-state index contributed by atoms with van der Waals surface area (Å²) in [4.78, 5) is 33.6. The van der Waals surface area contributed by atoms with E-state index in [0.29, 0.717) is 6.42 Å². The van der Waals surface area contributed by atoms with Gasteiger partial charge in [0, 0.05) is 33.5 Å². The Morgan fingerprint density at radius 2 is 1.84 bits per heavy atom. The summed E-state index contributed by atoms with van der Waals surface area (Å²) in [6.07, 6.45) is 1.96. The van der Waals surface area contributed by atoms with Gasteiger partial charge in [-0.3, -0.25) is 9.59 Å². The lowest BCUT2D eigenvalue weighted by atomic mass is 10.0. The van der Waals surface area contributed by atoms with Crippen LogP contribution in [-0.2, 0) is 33.3 Å². The molecular weight excluding hydrogens is 332 g/mol. The highest BCUT2D eigenvalue weighted by Crippen LogP contribution is 2.17. The molecular formula is C17H24O8. The van der Waals surface area contributed by atoms with Gasteiger partial charge >= 0.3 is 17.9 Å². The molecule has 0 aromatic carbocycles. The average molecular weight is 356 g/mol. The van der Waals surface area contributed by atoms with Crippen LogP contribution < -0.4 is 0 Å². The van der Waals surface area contributed by atoms with E-state index in [2.05, 4.69) is 0 Å². The van der Waals surface area contributed by atoms with Crippen LogP contribution in [0.5, 0.6) is 0 Å². The van der Waals surface area contributed by atoms with Crippen molar-refractivity contribution in [3.63, 3.8) is 0 Å². The minimum Gasteiger partial charge on any atom is -0.459 e. The number of ether oxygens (including phenoxy) is 4. The molecule has 1 N–H and O–H groups in total. The number of cyclic esters (lactones) is 1. The second-order valence-corrected chi connectivity index (χ2v) is 5.58. The number of aliphatic hydroxyl groups excluding tert-OH is 1. The third-order valence-electron chi connectivity index (χ3n) is 3.49. The molecule has 25 heavy (non-hydrogen) atoms. The van der Waals surface area contributed by atoms with E-state index in [9.17, 15) is 19.5 Å². The highest BCUT2D eigenvalue weighted by molar-refractivity contribution is 5.82. The molecule has 140 valence electrons. The van der Waals surface area contributed by atoms with Crippen LogP contribution in [0.1, 0.15) is 27.2 Å². The lowest BCUT2D eigenvalue weighted by Crippen LogP contribution is -2.41. The van der Waals surface area contributed by atoms with E-state index >= 15 is 0 Å². The molecule has 0 aromatic heterocycles. The van der Waals surface area contributed by atoms with Crippen LogP contribution in [0, 0.1) is 0 Å². The zero-order valence-electron chi connectivity index (χ0n) is 14.7. The number of esters is 3. The summed E-state index contributed by atoms with van der Waals surface area (Å²) in [6, 6.07) is 0. The van der Waals surface area contributed by atoms with Gasteiger partial charge in [-0.1, -0.05) is 12.2 Å². The zero-order chi connectivity index (χ0) is 19.0. The number of aliphatic hydroxyl groups is 1. The number of hydrogen-bond donors (Lipinski definition) is 1. The Kier molecular flexibility index (Phi) is 8.30. The first-order chi connectivity index (χ1) is 11.7. The van der Waals surface area contributed by atoms with Crippen LogP contribution in [-0.4, -0.2) is 60.6 Å². The molecule has 0 unspecified atom stereocenters. The van der Waals surface area contributed by atoms with Gasteiger partial charge in [-0.15, -0.1) is 0 Å². The van der Waals surface area contributed by atoms with Crippen LogP contribution in [0.4, 0.5) is 0 Å². The minimum atomic E-state index is -1.11. The molecule has 0 saturated heterocycles. The second kappa shape index (κ2) is 9.95. The Labute approximate surface area is 146 Å². The van der Waals surface area contributed by atoms with Crippen molar-refractivity contribution in [1.29, 1.82) is 0 Å². The highest BCUT2D eigenvalue weighted by Gasteiger charge is 2.30. The van der Waals surface area contributed by atoms with Crippen LogP contribution >= 0.6 is 0 Å². The van der Waals surface area contributed by atoms with Crippen molar-refractivity contribution in [3.05, 3.63) is 24.3 Å². The zero-order valence-corrected chi connectivity index (χ0v) is 14.7. The van der Waals surface area contributed by atoms with E-state index in [1.807, 2.05) is 0 Å². The SMILES string of the molecule is CO[C@H](/C=C/[C@@H](OC(C)=O)[C@@H](C)OC(C)=O)[C@@H](O)[C@@H]1CC=CC(=O)O1. The van der Waals surface area contributed by atoms with Gasteiger partial charge in [-0.05, 0) is 13.0 Å². The van der Waals surface area contributed by atoms with Crippen molar-refractivity contribution in [1.82, 2.24) is 0 Å². The molecule has 1 rings (SSSR count). The van der Waals surface area contributed by atoms with Gasteiger partial charge in [0.25, 0.3) is 0 Å². The first kappa shape index (κ1) is 20.9. The van der Waals surface area contributed by atoms with Gasteiger partial charge in [-0.25, -0.2) is 4.79 Å². The van der Waals surface area contributed by atoms with Gasteiger partial charge in [0.1, 0.15) is 24.4 Å². The predicted molar refractivity (Wildman–Crippen MR) is 86.4 cm³/mol.